The SMILES string of the molecule is COc1cc(NC(=O)CCc2c(C)nc(SCC(N)=O)nc2C)cc(OC)c1. The first kappa shape index (κ1) is 21.5. The molecule has 0 unspecified atom stereocenters. The molecule has 0 radical (unpaired) electrons. The summed E-state index contributed by atoms with van der Waals surface area (Å²) < 4.78 is 10.4. The molecule has 28 heavy (non-hydrogen) atoms. The lowest BCUT2D eigenvalue weighted by molar-refractivity contribution is -0.116. The maximum atomic E-state index is 12.4. The molecule has 9 heteroatoms. The van der Waals surface area contributed by atoms with Crippen LogP contribution in [0.2, 0.25) is 0 Å². The summed E-state index contributed by atoms with van der Waals surface area (Å²) in [4.78, 5) is 32.1. The number of aryl methyl sites for hydroxylation is 2. The Morgan fingerprint density at radius 2 is 1.64 bits per heavy atom. The number of carbonyl (C=O) groups excluding carboxylic acids is 2. The zero-order valence-corrected chi connectivity index (χ0v) is 17.2. The van der Waals surface area contributed by atoms with E-state index in [1.54, 1.807) is 32.4 Å². The van der Waals surface area contributed by atoms with Crippen LogP contribution in [0.1, 0.15) is 23.4 Å². The summed E-state index contributed by atoms with van der Waals surface area (Å²) in [5.74, 6) is 0.766. The van der Waals surface area contributed by atoms with E-state index in [4.69, 9.17) is 15.2 Å². The first-order valence-electron chi connectivity index (χ1n) is 8.60. The van der Waals surface area contributed by atoms with Gasteiger partial charge in [-0.1, -0.05) is 11.8 Å². The highest BCUT2D eigenvalue weighted by Gasteiger charge is 2.12. The number of primary amides is 1. The van der Waals surface area contributed by atoms with Crippen molar-refractivity contribution in [2.45, 2.75) is 31.8 Å². The molecule has 0 saturated carbocycles. The number of amides is 2. The minimum absolute atomic E-state index is 0.130. The Balaban J connectivity index is 2.02. The van der Waals surface area contributed by atoms with Crippen molar-refractivity contribution in [3.63, 3.8) is 0 Å². The van der Waals surface area contributed by atoms with E-state index < -0.39 is 5.91 Å². The van der Waals surface area contributed by atoms with Crippen molar-refractivity contribution in [1.29, 1.82) is 0 Å². The van der Waals surface area contributed by atoms with Crippen LogP contribution < -0.4 is 20.5 Å². The van der Waals surface area contributed by atoms with Crippen LogP contribution in [0.3, 0.4) is 0 Å². The van der Waals surface area contributed by atoms with Crippen molar-refractivity contribution >= 4 is 29.3 Å². The molecule has 1 aromatic carbocycles. The summed E-state index contributed by atoms with van der Waals surface area (Å²) in [6.07, 6.45) is 0.781. The third-order valence-corrected chi connectivity index (χ3v) is 4.85. The predicted octanol–water partition coefficient (Wildman–Crippen LogP) is 2.26. The Kier molecular flexibility index (Phi) is 7.62. The van der Waals surface area contributed by atoms with Gasteiger partial charge in [-0.15, -0.1) is 0 Å². The van der Waals surface area contributed by atoms with E-state index in [2.05, 4.69) is 15.3 Å². The second-order valence-electron chi connectivity index (χ2n) is 6.06. The molecule has 0 aliphatic carbocycles. The minimum atomic E-state index is -0.418. The molecule has 0 aliphatic heterocycles. The van der Waals surface area contributed by atoms with E-state index in [0.29, 0.717) is 28.8 Å². The van der Waals surface area contributed by atoms with Crippen LogP contribution in [0.4, 0.5) is 5.69 Å². The van der Waals surface area contributed by atoms with Crippen LogP contribution in [0.25, 0.3) is 0 Å². The van der Waals surface area contributed by atoms with Crippen molar-refractivity contribution in [3.8, 4) is 11.5 Å². The lowest BCUT2D eigenvalue weighted by Gasteiger charge is -2.12. The number of nitrogens with one attached hydrogen (secondary N) is 1. The second-order valence-corrected chi connectivity index (χ2v) is 7.00. The molecule has 0 aliphatic rings. The maximum Gasteiger partial charge on any atom is 0.227 e. The summed E-state index contributed by atoms with van der Waals surface area (Å²) >= 11 is 1.20. The van der Waals surface area contributed by atoms with E-state index in [0.717, 1.165) is 17.0 Å². The number of hydrogen-bond donors (Lipinski definition) is 2. The molecule has 150 valence electrons. The number of anilines is 1. The van der Waals surface area contributed by atoms with Gasteiger partial charge in [-0.05, 0) is 25.8 Å². The normalized spacial score (nSPS) is 10.4. The van der Waals surface area contributed by atoms with Gasteiger partial charge >= 0.3 is 0 Å². The molecule has 2 aromatic rings. The maximum absolute atomic E-state index is 12.4. The van der Waals surface area contributed by atoms with Crippen LogP contribution in [0.5, 0.6) is 11.5 Å². The van der Waals surface area contributed by atoms with E-state index >= 15 is 0 Å². The highest BCUT2D eigenvalue weighted by atomic mass is 32.2. The van der Waals surface area contributed by atoms with Crippen LogP contribution in [-0.2, 0) is 16.0 Å². The smallest absolute Gasteiger partial charge is 0.227 e. The number of hydrogen-bond acceptors (Lipinski definition) is 7. The van der Waals surface area contributed by atoms with Crippen molar-refractivity contribution in [2.75, 3.05) is 25.3 Å². The Labute approximate surface area is 168 Å². The van der Waals surface area contributed by atoms with Gasteiger partial charge in [0.05, 0.1) is 20.0 Å². The Bertz CT molecular complexity index is 828. The fourth-order valence-corrected chi connectivity index (χ4v) is 3.29. The molecule has 8 nitrogen and oxygen atoms in total. The van der Waals surface area contributed by atoms with Gasteiger partial charge in [0.2, 0.25) is 11.8 Å². The first-order valence-corrected chi connectivity index (χ1v) is 9.59. The summed E-state index contributed by atoms with van der Waals surface area (Å²) in [5, 5.41) is 3.35. The zero-order valence-electron chi connectivity index (χ0n) is 16.4. The van der Waals surface area contributed by atoms with Crippen molar-refractivity contribution in [1.82, 2.24) is 9.97 Å². The summed E-state index contributed by atoms with van der Waals surface area (Å²) in [6, 6.07) is 5.19. The lowest BCUT2D eigenvalue weighted by atomic mass is 10.1. The van der Waals surface area contributed by atoms with Gasteiger partial charge in [-0.3, -0.25) is 9.59 Å². The number of nitrogens with two attached hydrogens (primary N) is 1. The fourth-order valence-electron chi connectivity index (χ4n) is 2.61. The Morgan fingerprint density at radius 3 is 2.14 bits per heavy atom. The van der Waals surface area contributed by atoms with Gasteiger partial charge in [0.15, 0.2) is 5.16 Å². The molecule has 0 saturated heterocycles. The number of carbonyl (C=O) groups is 2. The largest absolute Gasteiger partial charge is 0.497 e. The molecule has 0 atom stereocenters. The molecular weight excluding hydrogens is 380 g/mol. The highest BCUT2D eigenvalue weighted by Crippen LogP contribution is 2.26. The highest BCUT2D eigenvalue weighted by molar-refractivity contribution is 7.99. The molecule has 0 bridgehead atoms. The van der Waals surface area contributed by atoms with Crippen molar-refractivity contribution in [2.24, 2.45) is 5.73 Å². The summed E-state index contributed by atoms with van der Waals surface area (Å²) in [6.45, 7) is 3.73. The number of nitrogens with zero attached hydrogens (tertiary/aromatic N) is 2. The van der Waals surface area contributed by atoms with Crippen molar-refractivity contribution in [3.05, 3.63) is 35.2 Å². The Morgan fingerprint density at radius 1 is 1.07 bits per heavy atom. The van der Waals surface area contributed by atoms with E-state index in [-0.39, 0.29) is 18.1 Å². The number of methoxy groups -OCH3 is 2. The van der Waals surface area contributed by atoms with Gasteiger partial charge in [-0.25, -0.2) is 9.97 Å². The number of ether oxygens (including phenoxy) is 2. The van der Waals surface area contributed by atoms with Gasteiger partial charge in [0.1, 0.15) is 11.5 Å². The van der Waals surface area contributed by atoms with Crippen LogP contribution in [0.15, 0.2) is 23.4 Å². The molecule has 3 N–H and O–H groups in total. The van der Waals surface area contributed by atoms with Gasteiger partial charge in [0, 0.05) is 41.7 Å². The van der Waals surface area contributed by atoms with Crippen LogP contribution in [-0.4, -0.2) is 41.8 Å². The second kappa shape index (κ2) is 9.93. The van der Waals surface area contributed by atoms with E-state index in [1.165, 1.54) is 11.8 Å². The predicted molar refractivity (Wildman–Crippen MR) is 108 cm³/mol. The number of benzene rings is 1. The summed E-state index contributed by atoms with van der Waals surface area (Å²) in [5.41, 5.74) is 8.25. The summed E-state index contributed by atoms with van der Waals surface area (Å²) in [7, 11) is 3.11. The first-order chi connectivity index (χ1) is 13.3. The lowest BCUT2D eigenvalue weighted by Crippen LogP contribution is -2.15. The molecule has 1 heterocycles. The van der Waals surface area contributed by atoms with Crippen molar-refractivity contribution < 1.29 is 19.1 Å². The fraction of sp³-hybridized carbons (Fsp3) is 0.368. The number of aromatic nitrogens is 2. The topological polar surface area (TPSA) is 116 Å². The van der Waals surface area contributed by atoms with Gasteiger partial charge < -0.3 is 20.5 Å². The molecule has 0 spiro atoms. The number of rotatable bonds is 9. The zero-order chi connectivity index (χ0) is 20.7. The number of thioether (sulfide) groups is 1. The van der Waals surface area contributed by atoms with Gasteiger partial charge in [0.25, 0.3) is 0 Å². The average molecular weight is 404 g/mol. The van der Waals surface area contributed by atoms with E-state index in [9.17, 15) is 9.59 Å². The quantitative estimate of drug-likeness (QED) is 0.486. The molecular formula is C19H24N4O4S. The van der Waals surface area contributed by atoms with E-state index in [1.807, 2.05) is 13.8 Å². The van der Waals surface area contributed by atoms with Crippen LogP contribution in [0, 0.1) is 13.8 Å². The molecule has 2 amide bonds. The monoisotopic (exact) mass is 404 g/mol. The van der Waals surface area contributed by atoms with Crippen LogP contribution >= 0.6 is 11.8 Å². The Hall–Kier alpha value is -2.81. The van der Waals surface area contributed by atoms with Gasteiger partial charge in [-0.2, -0.15) is 0 Å². The standard InChI is InChI=1S/C19H24N4O4S/c1-11-16(12(2)22-19(21-11)28-10-17(20)24)5-6-18(25)23-13-7-14(26-3)9-15(8-13)27-4/h7-9H,5-6,10H2,1-4H3,(H2,20,24)(H,23,25). The molecule has 1 aromatic heterocycles. The molecule has 2 rings (SSSR count). The third kappa shape index (κ3) is 6.12. The minimum Gasteiger partial charge on any atom is -0.497 e. The molecule has 0 fully saturated rings. The average Bonchev–Trinajstić information content (AvgIpc) is 2.65. The third-order valence-electron chi connectivity index (χ3n) is 3.98.